The molecule has 0 saturated carbocycles. The summed E-state index contributed by atoms with van der Waals surface area (Å²) in [5.74, 6) is -7.01. The number of hydrogen-bond acceptors (Lipinski definition) is 18. The second-order valence-corrected chi connectivity index (χ2v) is 17.7. The van der Waals surface area contributed by atoms with Crippen LogP contribution in [0.3, 0.4) is 0 Å². The predicted octanol–water partition coefficient (Wildman–Crippen LogP) is -0.251. The maximum absolute atomic E-state index is 12.8. The van der Waals surface area contributed by atoms with Crippen molar-refractivity contribution in [2.75, 3.05) is 13.1 Å². The van der Waals surface area contributed by atoms with Gasteiger partial charge >= 0.3 is 30.1 Å². The van der Waals surface area contributed by atoms with Crippen molar-refractivity contribution in [2.24, 2.45) is 38.7 Å². The molecule has 28 nitrogen and oxygen atoms in total. The molecule has 28 heteroatoms. The number of nitrogens with one attached hydrogen (secondary N) is 3. The Morgan fingerprint density at radius 1 is 0.625 bits per heavy atom. The zero-order valence-corrected chi connectivity index (χ0v) is 40.7. The van der Waals surface area contributed by atoms with Crippen LogP contribution in [0.1, 0.15) is 91.2 Å². The molecule has 2 aromatic rings. The van der Waals surface area contributed by atoms with Crippen molar-refractivity contribution >= 4 is 59.7 Å². The highest BCUT2D eigenvalue weighted by molar-refractivity contribution is 6.02. The van der Waals surface area contributed by atoms with Crippen LogP contribution in [0.5, 0.6) is 23.0 Å². The summed E-state index contributed by atoms with van der Waals surface area (Å²) in [4.78, 5) is 107. The number of carbonyl (C=O) groups excluding carboxylic acids is 6. The average Bonchev–Trinajstić information content (AvgIpc) is 3.56. The summed E-state index contributed by atoms with van der Waals surface area (Å²) in [6.45, 7) is 10.5. The van der Waals surface area contributed by atoms with E-state index in [0.717, 1.165) is 0 Å². The maximum Gasteiger partial charge on any atom is 0.408 e. The second kappa shape index (κ2) is 29.0. The van der Waals surface area contributed by atoms with Gasteiger partial charge in [0, 0.05) is 38.8 Å². The first kappa shape index (κ1) is 61.7. The highest BCUT2D eigenvalue weighted by Gasteiger charge is 2.36. The Morgan fingerprint density at radius 2 is 1.04 bits per heavy atom. The smallest absolute Gasteiger partial charge is 0.408 e. The highest BCUT2D eigenvalue weighted by Crippen LogP contribution is 2.27. The Hall–Kier alpha value is -8.30. The normalized spacial score (nSPS) is 13.7. The SMILES string of the molecule is CC(C)(C)OC(=O)N[C@@H](Cc1ccc(O)c(O)c1)C(=O)N[C@@H](CCCN=C(N)N)C(=O)O.CC(C)(C)OC(=O)N[C@@H](Cc1ccc(O)c(O)c1)C(=O)ON1C(=O)CCC1=O.NC(N)=NCCC[C@H](N)C(=O)O. The molecule has 19 N–H and O–H groups in total. The molecule has 3 rings (SSSR count). The lowest BCUT2D eigenvalue weighted by Crippen LogP contribution is -2.53. The van der Waals surface area contributed by atoms with Gasteiger partial charge in [-0.1, -0.05) is 12.1 Å². The van der Waals surface area contributed by atoms with Crippen LogP contribution in [-0.2, 0) is 55.9 Å². The summed E-state index contributed by atoms with van der Waals surface area (Å²) in [6, 6.07) is 3.17. The summed E-state index contributed by atoms with van der Waals surface area (Å²) < 4.78 is 10.3. The van der Waals surface area contributed by atoms with Gasteiger partial charge in [-0.3, -0.25) is 29.2 Å². The van der Waals surface area contributed by atoms with E-state index in [1.54, 1.807) is 41.5 Å². The topological polar surface area (TPSA) is 480 Å². The molecule has 4 atom stereocenters. The molecule has 1 saturated heterocycles. The number of guanidine groups is 2. The van der Waals surface area contributed by atoms with E-state index in [9.17, 15) is 63.9 Å². The summed E-state index contributed by atoms with van der Waals surface area (Å²) in [5, 5.41) is 63.5. The quantitative estimate of drug-likeness (QED) is 0.0267. The molecular formula is C44H67N11O17. The van der Waals surface area contributed by atoms with E-state index in [1.807, 2.05) is 0 Å². The van der Waals surface area contributed by atoms with E-state index in [1.165, 1.54) is 36.4 Å². The third-order valence-electron chi connectivity index (χ3n) is 8.97. The van der Waals surface area contributed by atoms with Crippen molar-refractivity contribution in [3.8, 4) is 23.0 Å². The third-order valence-corrected chi connectivity index (χ3v) is 8.97. The Morgan fingerprint density at radius 3 is 1.43 bits per heavy atom. The standard InChI is InChI=1S/C20H31N5O7.C18H22N2O8.C6H14N4O2/c1-20(2,3)32-19(31)25-13(9-11-6-7-14(26)15(27)10-11)16(28)24-12(17(29)30)5-4-8-23-18(21)22;1-18(2,3)27-17(26)19-11(8-10-4-5-12(21)13(22)9-10)16(25)28-20-14(23)6-7-15(20)24;7-4(5(11)12)2-1-3-10-6(8)9/h6-7,10,12-13,26-27H,4-5,8-9H2,1-3H3,(H,24,28)(H,25,31)(H,29,30)(H4,21,22,23);4-5,9,11,21-22H,6-8H2,1-3H3,(H,19,26);4H,1-3,7H2,(H,11,12)(H4,8,9,10)/t12-,13-;11-;4-/m000/s1. The fourth-order valence-corrected chi connectivity index (χ4v) is 5.65. The van der Waals surface area contributed by atoms with Crippen LogP contribution in [0, 0.1) is 0 Å². The molecule has 1 aliphatic heterocycles. The third kappa shape index (κ3) is 25.3. The lowest BCUT2D eigenvalue weighted by atomic mass is 10.0. The summed E-state index contributed by atoms with van der Waals surface area (Å²) >= 11 is 0. The molecule has 1 heterocycles. The van der Waals surface area contributed by atoms with E-state index in [0.29, 0.717) is 42.0 Å². The molecule has 0 aliphatic carbocycles. The lowest BCUT2D eigenvalue weighted by Gasteiger charge is -2.24. The lowest BCUT2D eigenvalue weighted by molar-refractivity contribution is -0.198. The number of imide groups is 1. The highest BCUT2D eigenvalue weighted by atomic mass is 16.7. The van der Waals surface area contributed by atoms with Crippen molar-refractivity contribution < 1.29 is 83.3 Å². The molecule has 1 fully saturated rings. The number of nitrogens with two attached hydrogens (primary N) is 5. The van der Waals surface area contributed by atoms with Crippen LogP contribution in [0.15, 0.2) is 46.4 Å². The Kier molecular flexibility index (Phi) is 24.9. The number of amides is 5. The van der Waals surface area contributed by atoms with Crippen molar-refractivity contribution in [1.82, 2.24) is 21.0 Å². The molecule has 0 bridgehead atoms. The molecule has 1 aliphatic rings. The first-order valence-electron chi connectivity index (χ1n) is 22.0. The molecule has 0 spiro atoms. The Balaban J connectivity index is 0.000000591. The van der Waals surface area contributed by atoms with Gasteiger partial charge in [-0.15, -0.1) is 5.06 Å². The maximum atomic E-state index is 12.8. The van der Waals surface area contributed by atoms with Crippen LogP contribution in [-0.4, -0.2) is 144 Å². The monoisotopic (exact) mass is 1020 g/mol. The number of carboxylic acid groups (broad SMARTS) is 2. The number of aliphatic imine (C=N–C) groups is 2. The molecular weight excluding hydrogens is 955 g/mol. The first-order chi connectivity index (χ1) is 33.3. The van der Waals surface area contributed by atoms with Gasteiger partial charge in [-0.25, -0.2) is 19.2 Å². The van der Waals surface area contributed by atoms with Crippen LogP contribution >= 0.6 is 0 Å². The number of carboxylic acids is 2. The number of benzene rings is 2. The number of phenolic OH excluding ortho intramolecular Hbond substituents is 4. The number of nitrogens with zero attached hydrogens (tertiary/aromatic N) is 3. The van der Waals surface area contributed by atoms with Gasteiger partial charge in [0.15, 0.2) is 34.9 Å². The molecule has 0 unspecified atom stereocenters. The molecule has 0 aromatic heterocycles. The zero-order chi connectivity index (χ0) is 55.1. The fraction of sp³-hybridized carbons (Fsp3) is 0.500. The van der Waals surface area contributed by atoms with E-state index in [-0.39, 0.29) is 62.1 Å². The minimum absolute atomic E-state index is 0.0129. The number of rotatable bonds is 20. The number of phenols is 4. The van der Waals surface area contributed by atoms with E-state index < -0.39 is 94.7 Å². The number of ether oxygens (including phenoxy) is 2. The molecule has 2 aromatic carbocycles. The minimum atomic E-state index is -1.32. The van der Waals surface area contributed by atoms with E-state index >= 15 is 0 Å². The number of aliphatic carboxylic acids is 2. The van der Waals surface area contributed by atoms with Crippen molar-refractivity contribution in [3.05, 3.63) is 47.5 Å². The van der Waals surface area contributed by atoms with Crippen LogP contribution < -0.4 is 44.6 Å². The number of aromatic hydroxyl groups is 4. The van der Waals surface area contributed by atoms with Gasteiger partial charge in [0.25, 0.3) is 11.8 Å². The van der Waals surface area contributed by atoms with Crippen molar-refractivity contribution in [3.63, 3.8) is 0 Å². The minimum Gasteiger partial charge on any atom is -0.504 e. The van der Waals surface area contributed by atoms with Gasteiger partial charge in [0.1, 0.15) is 35.4 Å². The second-order valence-electron chi connectivity index (χ2n) is 17.7. The first-order valence-corrected chi connectivity index (χ1v) is 22.0. The van der Waals surface area contributed by atoms with Crippen LogP contribution in [0.25, 0.3) is 0 Å². The van der Waals surface area contributed by atoms with Crippen molar-refractivity contribution in [1.29, 1.82) is 0 Å². The van der Waals surface area contributed by atoms with E-state index in [2.05, 4.69) is 25.9 Å². The number of carbonyl (C=O) groups is 8. The molecule has 0 radical (unpaired) electrons. The average molecular weight is 1020 g/mol. The number of hydroxylamine groups is 2. The summed E-state index contributed by atoms with van der Waals surface area (Å²) in [7, 11) is 0. The van der Waals surface area contributed by atoms with Gasteiger partial charge in [-0.05, 0) is 103 Å². The van der Waals surface area contributed by atoms with Gasteiger partial charge in [-0.2, -0.15) is 0 Å². The van der Waals surface area contributed by atoms with Crippen LogP contribution in [0.4, 0.5) is 9.59 Å². The zero-order valence-electron chi connectivity index (χ0n) is 40.7. The van der Waals surface area contributed by atoms with Crippen LogP contribution in [0.2, 0.25) is 0 Å². The van der Waals surface area contributed by atoms with Gasteiger partial charge in [0.05, 0.1) is 0 Å². The largest absolute Gasteiger partial charge is 0.504 e. The Labute approximate surface area is 413 Å². The van der Waals surface area contributed by atoms with Crippen molar-refractivity contribution in [2.45, 2.75) is 128 Å². The number of alkyl carbamates (subject to hydrolysis) is 2. The summed E-state index contributed by atoms with van der Waals surface area (Å²) in [6.07, 6.45) is -0.859. The molecule has 72 heavy (non-hydrogen) atoms. The van der Waals surface area contributed by atoms with Gasteiger partial charge in [0.2, 0.25) is 5.91 Å². The predicted molar refractivity (Wildman–Crippen MR) is 255 cm³/mol. The fourth-order valence-electron chi connectivity index (χ4n) is 5.65. The molecule has 400 valence electrons. The van der Waals surface area contributed by atoms with Gasteiger partial charge < -0.3 is 89.6 Å². The Bertz CT molecular complexity index is 2260. The van der Waals surface area contributed by atoms with E-state index in [4.69, 9.17) is 48.1 Å². The number of hydrogen-bond donors (Lipinski definition) is 14. The summed E-state index contributed by atoms with van der Waals surface area (Å²) in [5.41, 5.74) is 24.9. The molecule has 5 amide bonds.